The van der Waals surface area contributed by atoms with Gasteiger partial charge in [-0.25, -0.2) is 0 Å². The van der Waals surface area contributed by atoms with Gasteiger partial charge in [0.2, 0.25) is 0 Å². The molecule has 0 aliphatic heterocycles. The maximum atomic E-state index is 5.94. The molecule has 2 aromatic heterocycles. The number of nitrogens with two attached hydrogens (primary N) is 1. The molecular weight excluding hydrogens is 246 g/mol. The van der Waals surface area contributed by atoms with Gasteiger partial charge >= 0.3 is 0 Å². The smallest absolute Gasteiger partial charge is 0.0724 e. The molecule has 0 saturated carbocycles. The van der Waals surface area contributed by atoms with Gasteiger partial charge in [-0.3, -0.25) is 4.98 Å². The van der Waals surface area contributed by atoms with Gasteiger partial charge in [0, 0.05) is 28.3 Å². The second-order valence-corrected chi connectivity index (χ2v) is 4.84. The van der Waals surface area contributed by atoms with Crippen molar-refractivity contribution in [3.63, 3.8) is 0 Å². The number of fused-ring (bicyclic) bond motifs is 3. The summed E-state index contributed by atoms with van der Waals surface area (Å²) < 4.78 is 2.22. The highest BCUT2D eigenvalue weighted by atomic mass is 15.0. The summed E-state index contributed by atoms with van der Waals surface area (Å²) in [5, 5.41) is 2.33. The summed E-state index contributed by atoms with van der Waals surface area (Å²) >= 11 is 0. The van der Waals surface area contributed by atoms with E-state index in [9.17, 15) is 0 Å². The molecule has 0 bridgehead atoms. The van der Waals surface area contributed by atoms with E-state index in [1.54, 1.807) is 0 Å². The Hall–Kier alpha value is -2.81. The fraction of sp³-hybridized carbons (Fsp3) is 0. The van der Waals surface area contributed by atoms with Gasteiger partial charge in [0.25, 0.3) is 0 Å². The van der Waals surface area contributed by atoms with Gasteiger partial charge in [0.05, 0.1) is 17.2 Å². The van der Waals surface area contributed by atoms with Gasteiger partial charge < -0.3 is 10.3 Å². The lowest BCUT2D eigenvalue weighted by molar-refractivity contribution is 1.17. The first-order chi connectivity index (χ1) is 9.84. The Labute approximate surface area is 116 Å². The van der Waals surface area contributed by atoms with Crippen molar-refractivity contribution in [1.29, 1.82) is 0 Å². The Bertz CT molecular complexity index is 907. The Morgan fingerprint density at radius 3 is 2.55 bits per heavy atom. The number of rotatable bonds is 1. The number of para-hydroxylation sites is 1. The maximum Gasteiger partial charge on any atom is 0.0724 e. The minimum Gasteiger partial charge on any atom is -0.399 e. The third-order valence-electron chi connectivity index (χ3n) is 3.61. The molecule has 3 nitrogen and oxygen atoms in total. The van der Waals surface area contributed by atoms with Crippen LogP contribution in [0.1, 0.15) is 0 Å². The van der Waals surface area contributed by atoms with Crippen molar-refractivity contribution in [2.45, 2.75) is 0 Å². The summed E-state index contributed by atoms with van der Waals surface area (Å²) in [7, 11) is 0. The molecule has 0 saturated heterocycles. The van der Waals surface area contributed by atoms with Crippen LogP contribution in [0.2, 0.25) is 0 Å². The third-order valence-corrected chi connectivity index (χ3v) is 3.61. The lowest BCUT2D eigenvalue weighted by Crippen LogP contribution is -1.93. The van der Waals surface area contributed by atoms with Crippen molar-refractivity contribution in [3.05, 3.63) is 67.0 Å². The Kier molecular flexibility index (Phi) is 2.27. The van der Waals surface area contributed by atoms with Crippen LogP contribution >= 0.6 is 0 Å². The largest absolute Gasteiger partial charge is 0.399 e. The number of hydrogen-bond acceptors (Lipinski definition) is 2. The molecule has 96 valence electrons. The quantitative estimate of drug-likeness (QED) is 0.529. The zero-order chi connectivity index (χ0) is 13.5. The van der Waals surface area contributed by atoms with Gasteiger partial charge in [-0.05, 0) is 36.4 Å². The van der Waals surface area contributed by atoms with E-state index in [-0.39, 0.29) is 0 Å². The van der Waals surface area contributed by atoms with Gasteiger partial charge in [-0.2, -0.15) is 0 Å². The van der Waals surface area contributed by atoms with E-state index in [0.717, 1.165) is 27.8 Å². The minimum absolute atomic E-state index is 0.779. The number of hydrogen-bond donors (Lipinski definition) is 1. The first kappa shape index (κ1) is 11.1. The molecule has 2 aromatic carbocycles. The van der Waals surface area contributed by atoms with E-state index in [1.807, 2.05) is 48.8 Å². The standard InChI is InChI=1S/C17H13N3/c18-12-6-7-16-15(10-12)14-8-9-19-11-17(14)20(16)13-4-2-1-3-5-13/h1-11H,18H2. The van der Waals surface area contributed by atoms with Gasteiger partial charge in [0.15, 0.2) is 0 Å². The van der Waals surface area contributed by atoms with Crippen molar-refractivity contribution in [2.75, 3.05) is 5.73 Å². The molecule has 3 heteroatoms. The van der Waals surface area contributed by atoms with Crippen molar-refractivity contribution in [2.24, 2.45) is 0 Å². The molecule has 4 aromatic rings. The SMILES string of the molecule is Nc1ccc2c(c1)c1ccncc1n2-c1ccccc1. The molecular formula is C17H13N3. The second-order valence-electron chi connectivity index (χ2n) is 4.84. The van der Waals surface area contributed by atoms with Gasteiger partial charge in [-0.15, -0.1) is 0 Å². The topological polar surface area (TPSA) is 43.8 Å². The zero-order valence-electron chi connectivity index (χ0n) is 10.8. The molecule has 0 atom stereocenters. The summed E-state index contributed by atoms with van der Waals surface area (Å²) in [6.07, 6.45) is 3.72. The summed E-state index contributed by atoms with van der Waals surface area (Å²) in [6.45, 7) is 0. The summed E-state index contributed by atoms with van der Waals surface area (Å²) in [5.41, 5.74) is 10.1. The predicted molar refractivity (Wildman–Crippen MR) is 83.0 cm³/mol. The van der Waals surface area contributed by atoms with Crippen LogP contribution < -0.4 is 5.73 Å². The van der Waals surface area contributed by atoms with Crippen molar-refractivity contribution >= 4 is 27.5 Å². The number of nitrogen functional groups attached to an aromatic ring is 1. The molecule has 4 rings (SSSR count). The molecule has 0 aliphatic rings. The van der Waals surface area contributed by atoms with Crippen LogP contribution in [0.5, 0.6) is 0 Å². The molecule has 0 fully saturated rings. The molecule has 20 heavy (non-hydrogen) atoms. The normalized spacial score (nSPS) is 11.2. The third kappa shape index (κ3) is 1.50. The van der Waals surface area contributed by atoms with Crippen molar-refractivity contribution in [1.82, 2.24) is 9.55 Å². The number of benzene rings is 2. The molecule has 2 N–H and O–H groups in total. The zero-order valence-corrected chi connectivity index (χ0v) is 10.8. The monoisotopic (exact) mass is 259 g/mol. The minimum atomic E-state index is 0.779. The lowest BCUT2D eigenvalue weighted by atomic mass is 10.2. The van der Waals surface area contributed by atoms with Crippen LogP contribution in [0.3, 0.4) is 0 Å². The number of anilines is 1. The van der Waals surface area contributed by atoms with Crippen LogP contribution in [0.25, 0.3) is 27.5 Å². The van der Waals surface area contributed by atoms with Crippen LogP contribution in [0, 0.1) is 0 Å². The molecule has 0 aliphatic carbocycles. The highest BCUT2D eigenvalue weighted by Crippen LogP contribution is 2.32. The number of nitrogens with zero attached hydrogens (tertiary/aromatic N) is 2. The fourth-order valence-corrected chi connectivity index (χ4v) is 2.74. The molecule has 0 unspecified atom stereocenters. The van der Waals surface area contributed by atoms with Gasteiger partial charge in [0.1, 0.15) is 0 Å². The fourth-order valence-electron chi connectivity index (χ4n) is 2.74. The lowest BCUT2D eigenvalue weighted by Gasteiger charge is -2.06. The first-order valence-corrected chi connectivity index (χ1v) is 6.54. The Balaban J connectivity index is 2.22. The number of pyridine rings is 1. The highest BCUT2D eigenvalue weighted by molar-refractivity contribution is 6.09. The van der Waals surface area contributed by atoms with Crippen LogP contribution in [0.15, 0.2) is 67.0 Å². The maximum absolute atomic E-state index is 5.94. The molecule has 2 heterocycles. The summed E-state index contributed by atoms with van der Waals surface area (Å²) in [5.74, 6) is 0. The molecule has 0 radical (unpaired) electrons. The average molecular weight is 259 g/mol. The van der Waals surface area contributed by atoms with Crippen LogP contribution in [-0.2, 0) is 0 Å². The summed E-state index contributed by atoms with van der Waals surface area (Å²) in [6, 6.07) is 18.4. The van der Waals surface area contributed by atoms with Crippen molar-refractivity contribution < 1.29 is 0 Å². The van der Waals surface area contributed by atoms with Crippen LogP contribution in [0.4, 0.5) is 5.69 Å². The first-order valence-electron chi connectivity index (χ1n) is 6.54. The molecule has 0 amide bonds. The van der Waals surface area contributed by atoms with E-state index in [2.05, 4.69) is 27.8 Å². The Morgan fingerprint density at radius 1 is 0.850 bits per heavy atom. The Morgan fingerprint density at radius 2 is 1.70 bits per heavy atom. The van der Waals surface area contributed by atoms with Crippen molar-refractivity contribution in [3.8, 4) is 5.69 Å². The van der Waals surface area contributed by atoms with Gasteiger partial charge in [-0.1, -0.05) is 18.2 Å². The summed E-state index contributed by atoms with van der Waals surface area (Å²) in [4.78, 5) is 4.26. The van der Waals surface area contributed by atoms with E-state index in [1.165, 1.54) is 5.39 Å². The predicted octanol–water partition coefficient (Wildman–Crippen LogP) is 3.76. The van der Waals surface area contributed by atoms with Crippen LogP contribution in [-0.4, -0.2) is 9.55 Å². The second kappa shape index (κ2) is 4.10. The average Bonchev–Trinajstić information content (AvgIpc) is 2.82. The van der Waals surface area contributed by atoms with E-state index >= 15 is 0 Å². The van der Waals surface area contributed by atoms with E-state index in [0.29, 0.717) is 0 Å². The highest BCUT2D eigenvalue weighted by Gasteiger charge is 2.11. The van der Waals surface area contributed by atoms with E-state index < -0.39 is 0 Å². The number of aromatic nitrogens is 2. The molecule has 0 spiro atoms. The van der Waals surface area contributed by atoms with E-state index in [4.69, 9.17) is 5.73 Å².